The van der Waals surface area contributed by atoms with E-state index in [0.717, 1.165) is 0 Å². The summed E-state index contributed by atoms with van der Waals surface area (Å²) in [6.07, 6.45) is 1.55. The molecule has 0 aliphatic heterocycles. The molecule has 1 rings (SSSR count). The first-order valence-corrected chi connectivity index (χ1v) is 6.43. The number of non-ortho nitro benzene ring substituents is 1. The Bertz CT molecular complexity index is 632. The summed E-state index contributed by atoms with van der Waals surface area (Å²) < 4.78 is 0. The highest BCUT2D eigenvalue weighted by Crippen LogP contribution is 2.15. The average Bonchev–Trinajstić information content (AvgIpc) is 2.46. The Kier molecular flexibility index (Phi) is 6.00. The van der Waals surface area contributed by atoms with Crippen molar-refractivity contribution < 1.29 is 19.6 Å². The van der Waals surface area contributed by atoms with E-state index in [1.54, 1.807) is 6.92 Å². The molecular weight excluding hydrogens is 288 g/mol. The van der Waals surface area contributed by atoms with Gasteiger partial charge in [0.15, 0.2) is 0 Å². The molecule has 1 aromatic carbocycles. The van der Waals surface area contributed by atoms with Crippen LogP contribution in [0.5, 0.6) is 0 Å². The number of nitro groups is 1. The number of rotatable bonds is 7. The third-order valence-corrected chi connectivity index (χ3v) is 2.79. The molecule has 0 aromatic heterocycles. The summed E-state index contributed by atoms with van der Waals surface area (Å²) in [5, 5.41) is 22.2. The predicted octanol–water partition coefficient (Wildman–Crippen LogP) is 2.15. The Morgan fingerprint density at radius 2 is 1.95 bits per heavy atom. The van der Waals surface area contributed by atoms with Crippen molar-refractivity contribution in [3.63, 3.8) is 0 Å². The number of carboxylic acid groups (broad SMARTS) is 1. The second-order valence-electron chi connectivity index (χ2n) is 4.61. The van der Waals surface area contributed by atoms with Crippen LogP contribution in [0.25, 0.3) is 6.08 Å². The van der Waals surface area contributed by atoms with Crippen molar-refractivity contribution in [2.45, 2.75) is 13.3 Å². The van der Waals surface area contributed by atoms with E-state index < -0.39 is 10.9 Å². The fourth-order valence-electron chi connectivity index (χ4n) is 1.60. The molecule has 2 N–H and O–H groups in total. The molecule has 1 amide bonds. The largest absolute Gasteiger partial charge is 0.478 e. The van der Waals surface area contributed by atoms with E-state index in [9.17, 15) is 19.7 Å². The van der Waals surface area contributed by atoms with Gasteiger partial charge in [-0.25, -0.2) is 4.79 Å². The van der Waals surface area contributed by atoms with Gasteiger partial charge in [-0.05, 0) is 37.1 Å². The number of hydrogen-bond acceptors (Lipinski definition) is 4. The van der Waals surface area contributed by atoms with Gasteiger partial charge in [0.25, 0.3) is 5.69 Å². The van der Waals surface area contributed by atoms with Crippen LogP contribution in [0.2, 0.25) is 0 Å². The van der Waals surface area contributed by atoms with E-state index in [2.05, 4.69) is 11.9 Å². The lowest BCUT2D eigenvalue weighted by Crippen LogP contribution is -2.25. The third-order valence-electron chi connectivity index (χ3n) is 2.79. The molecule has 0 aliphatic rings. The average molecular weight is 304 g/mol. The first-order valence-electron chi connectivity index (χ1n) is 6.43. The monoisotopic (exact) mass is 304 g/mol. The number of carboxylic acids is 1. The minimum absolute atomic E-state index is 0.0669. The SMILES string of the molecule is C=C(C)C(=O)NCC/C(=C\c1ccc([N+](=O)[O-])cc1)C(=O)O. The van der Waals surface area contributed by atoms with Gasteiger partial charge in [0.05, 0.1) is 4.92 Å². The number of amides is 1. The Morgan fingerprint density at radius 1 is 1.36 bits per heavy atom. The fraction of sp³-hybridized carbons (Fsp3) is 0.200. The molecule has 7 heteroatoms. The van der Waals surface area contributed by atoms with Gasteiger partial charge in [-0.3, -0.25) is 14.9 Å². The van der Waals surface area contributed by atoms with Gasteiger partial charge in [-0.2, -0.15) is 0 Å². The molecule has 0 saturated heterocycles. The van der Waals surface area contributed by atoms with Gasteiger partial charge < -0.3 is 10.4 Å². The predicted molar refractivity (Wildman–Crippen MR) is 81.1 cm³/mol. The summed E-state index contributed by atoms with van der Waals surface area (Å²) in [7, 11) is 0. The molecule has 0 spiro atoms. The number of carbonyl (C=O) groups excluding carboxylic acids is 1. The molecule has 0 bridgehead atoms. The van der Waals surface area contributed by atoms with Crippen LogP contribution < -0.4 is 5.32 Å². The molecular formula is C15H16N2O5. The lowest BCUT2D eigenvalue weighted by atomic mass is 10.1. The number of hydrogen-bond donors (Lipinski definition) is 2. The second kappa shape index (κ2) is 7.72. The summed E-state index contributed by atoms with van der Waals surface area (Å²) in [4.78, 5) is 32.5. The summed E-state index contributed by atoms with van der Waals surface area (Å²) in [6, 6.07) is 5.53. The summed E-state index contributed by atoms with van der Waals surface area (Å²) in [5.74, 6) is -1.44. The van der Waals surface area contributed by atoms with E-state index >= 15 is 0 Å². The number of nitro benzene ring substituents is 1. The molecule has 0 atom stereocenters. The fourth-order valence-corrected chi connectivity index (χ4v) is 1.60. The highest BCUT2D eigenvalue weighted by atomic mass is 16.6. The van der Waals surface area contributed by atoms with Crippen molar-refractivity contribution in [3.05, 3.63) is 57.7 Å². The molecule has 1 aromatic rings. The number of benzene rings is 1. The number of nitrogens with one attached hydrogen (secondary N) is 1. The van der Waals surface area contributed by atoms with Gasteiger partial charge in [0, 0.05) is 29.8 Å². The maximum Gasteiger partial charge on any atom is 0.331 e. The van der Waals surface area contributed by atoms with Crippen molar-refractivity contribution >= 4 is 23.6 Å². The second-order valence-corrected chi connectivity index (χ2v) is 4.61. The van der Waals surface area contributed by atoms with Crippen molar-refractivity contribution in [3.8, 4) is 0 Å². The normalized spacial score (nSPS) is 10.9. The van der Waals surface area contributed by atoms with E-state index in [4.69, 9.17) is 5.11 Å². The lowest BCUT2D eigenvalue weighted by Gasteiger charge is -2.05. The van der Waals surface area contributed by atoms with E-state index in [1.165, 1.54) is 30.3 Å². The molecule has 0 aliphatic carbocycles. The van der Waals surface area contributed by atoms with Gasteiger partial charge in [-0.1, -0.05) is 6.58 Å². The van der Waals surface area contributed by atoms with Gasteiger partial charge in [-0.15, -0.1) is 0 Å². The summed E-state index contributed by atoms with van der Waals surface area (Å²) in [6.45, 7) is 5.20. The zero-order chi connectivity index (χ0) is 16.7. The van der Waals surface area contributed by atoms with E-state index in [1.807, 2.05) is 0 Å². The van der Waals surface area contributed by atoms with Crippen molar-refractivity contribution in [2.24, 2.45) is 0 Å². The van der Waals surface area contributed by atoms with Gasteiger partial charge in [0.2, 0.25) is 5.91 Å². The highest BCUT2D eigenvalue weighted by molar-refractivity contribution is 5.93. The molecule has 0 unspecified atom stereocenters. The highest BCUT2D eigenvalue weighted by Gasteiger charge is 2.10. The van der Waals surface area contributed by atoms with Crippen LogP contribution in [0.4, 0.5) is 5.69 Å². The minimum atomic E-state index is -1.11. The molecule has 0 saturated carbocycles. The number of nitrogens with zero attached hydrogens (tertiary/aromatic N) is 1. The third kappa shape index (κ3) is 5.20. The Morgan fingerprint density at radius 3 is 2.41 bits per heavy atom. The standard InChI is InChI=1S/C15H16N2O5/c1-10(2)14(18)16-8-7-12(15(19)20)9-11-3-5-13(6-4-11)17(21)22/h3-6,9H,1,7-8H2,2H3,(H,16,18)(H,19,20)/b12-9+. The van der Waals surface area contributed by atoms with E-state index in [-0.39, 0.29) is 30.1 Å². The molecule has 22 heavy (non-hydrogen) atoms. The Balaban J connectivity index is 2.77. The van der Waals surface area contributed by atoms with Crippen molar-refractivity contribution in [1.29, 1.82) is 0 Å². The number of aliphatic carboxylic acids is 1. The first kappa shape index (κ1) is 17.1. The number of carbonyl (C=O) groups is 2. The molecule has 0 radical (unpaired) electrons. The molecule has 7 nitrogen and oxygen atoms in total. The summed E-state index contributed by atoms with van der Waals surface area (Å²) >= 11 is 0. The lowest BCUT2D eigenvalue weighted by molar-refractivity contribution is -0.384. The van der Waals surface area contributed by atoms with Crippen LogP contribution in [0.1, 0.15) is 18.9 Å². The van der Waals surface area contributed by atoms with Crippen LogP contribution in [0.15, 0.2) is 42.0 Å². The molecule has 0 fully saturated rings. The smallest absolute Gasteiger partial charge is 0.331 e. The van der Waals surface area contributed by atoms with Crippen molar-refractivity contribution in [2.75, 3.05) is 6.54 Å². The first-order chi connectivity index (χ1) is 10.3. The maximum atomic E-state index is 11.3. The summed E-state index contributed by atoms with van der Waals surface area (Å²) in [5.41, 5.74) is 0.907. The quantitative estimate of drug-likeness (QED) is 0.455. The van der Waals surface area contributed by atoms with Gasteiger partial charge >= 0.3 is 5.97 Å². The Labute approximate surface area is 127 Å². The maximum absolute atomic E-state index is 11.3. The van der Waals surface area contributed by atoms with Crippen LogP contribution >= 0.6 is 0 Å². The van der Waals surface area contributed by atoms with E-state index in [0.29, 0.717) is 11.1 Å². The zero-order valence-electron chi connectivity index (χ0n) is 12.0. The van der Waals surface area contributed by atoms with Crippen LogP contribution in [-0.2, 0) is 9.59 Å². The van der Waals surface area contributed by atoms with Crippen LogP contribution in [0, 0.1) is 10.1 Å². The van der Waals surface area contributed by atoms with Crippen LogP contribution in [0.3, 0.4) is 0 Å². The zero-order valence-corrected chi connectivity index (χ0v) is 12.0. The topological polar surface area (TPSA) is 110 Å². The van der Waals surface area contributed by atoms with Gasteiger partial charge in [0.1, 0.15) is 0 Å². The molecule has 116 valence electrons. The minimum Gasteiger partial charge on any atom is -0.478 e. The Hall–Kier alpha value is -2.96. The van der Waals surface area contributed by atoms with Crippen LogP contribution in [-0.4, -0.2) is 28.5 Å². The molecule has 0 heterocycles. The van der Waals surface area contributed by atoms with Crippen molar-refractivity contribution in [1.82, 2.24) is 5.32 Å².